The van der Waals surface area contributed by atoms with Crippen molar-refractivity contribution in [3.8, 4) is 11.5 Å². The average Bonchev–Trinajstić information content (AvgIpc) is 2.79. The standard InChI is InChI=1S/C23H21F2NO4S/c1-29-21-12-16-10-11-26(31(27,28)17-8-9-19(24)20(25)13-17)23(15-6-4-3-5-7-15)18(16)14-22(21)30-2/h3-9,12-14,23H,10-11H2,1-2H3. The molecule has 0 aromatic heterocycles. The molecule has 1 atom stereocenters. The van der Waals surface area contributed by atoms with Gasteiger partial charge in [0.25, 0.3) is 0 Å². The fourth-order valence-corrected chi connectivity index (χ4v) is 5.54. The summed E-state index contributed by atoms with van der Waals surface area (Å²) in [6, 6.07) is 14.8. The van der Waals surface area contributed by atoms with Crippen molar-refractivity contribution < 1.29 is 26.7 Å². The molecule has 1 aliphatic rings. The molecule has 162 valence electrons. The van der Waals surface area contributed by atoms with Crippen LogP contribution in [0.4, 0.5) is 8.78 Å². The number of ether oxygens (including phenoxy) is 2. The van der Waals surface area contributed by atoms with Crippen LogP contribution >= 0.6 is 0 Å². The fraction of sp³-hybridized carbons (Fsp3) is 0.217. The molecule has 8 heteroatoms. The van der Waals surface area contributed by atoms with Gasteiger partial charge in [-0.3, -0.25) is 0 Å². The van der Waals surface area contributed by atoms with Crippen LogP contribution in [0.3, 0.4) is 0 Å². The van der Waals surface area contributed by atoms with E-state index in [0.717, 1.165) is 34.9 Å². The molecule has 0 saturated heterocycles. The second-order valence-electron chi connectivity index (χ2n) is 7.16. The number of methoxy groups -OCH3 is 2. The molecule has 31 heavy (non-hydrogen) atoms. The van der Waals surface area contributed by atoms with E-state index in [9.17, 15) is 17.2 Å². The smallest absolute Gasteiger partial charge is 0.244 e. The summed E-state index contributed by atoms with van der Waals surface area (Å²) in [5.41, 5.74) is 2.44. The van der Waals surface area contributed by atoms with Crippen LogP contribution in [-0.4, -0.2) is 33.5 Å². The van der Waals surface area contributed by atoms with E-state index >= 15 is 0 Å². The lowest BCUT2D eigenvalue weighted by Gasteiger charge is -2.37. The van der Waals surface area contributed by atoms with Crippen LogP contribution in [0.25, 0.3) is 0 Å². The molecule has 0 bridgehead atoms. The first-order chi connectivity index (χ1) is 14.9. The van der Waals surface area contributed by atoms with Gasteiger partial charge in [0, 0.05) is 6.54 Å². The Morgan fingerprint density at radius 1 is 0.903 bits per heavy atom. The molecule has 3 aromatic carbocycles. The first-order valence-electron chi connectivity index (χ1n) is 9.63. The van der Waals surface area contributed by atoms with Crippen molar-refractivity contribution in [2.45, 2.75) is 17.4 Å². The highest BCUT2D eigenvalue weighted by Gasteiger charge is 2.38. The summed E-state index contributed by atoms with van der Waals surface area (Å²) in [6.45, 7) is 0.170. The molecule has 1 unspecified atom stereocenters. The topological polar surface area (TPSA) is 55.8 Å². The van der Waals surface area contributed by atoms with Crippen molar-refractivity contribution in [3.63, 3.8) is 0 Å². The van der Waals surface area contributed by atoms with Gasteiger partial charge in [-0.2, -0.15) is 4.31 Å². The van der Waals surface area contributed by atoms with E-state index in [1.807, 2.05) is 36.4 Å². The first kappa shape index (κ1) is 21.3. The van der Waals surface area contributed by atoms with Crippen molar-refractivity contribution in [2.75, 3.05) is 20.8 Å². The van der Waals surface area contributed by atoms with Gasteiger partial charge >= 0.3 is 0 Å². The summed E-state index contributed by atoms with van der Waals surface area (Å²) >= 11 is 0. The number of fused-ring (bicyclic) bond motifs is 1. The number of benzene rings is 3. The van der Waals surface area contributed by atoms with E-state index in [0.29, 0.717) is 17.9 Å². The monoisotopic (exact) mass is 445 g/mol. The quantitative estimate of drug-likeness (QED) is 0.587. The van der Waals surface area contributed by atoms with Gasteiger partial charge in [-0.25, -0.2) is 17.2 Å². The Morgan fingerprint density at radius 2 is 1.58 bits per heavy atom. The predicted molar refractivity (Wildman–Crippen MR) is 112 cm³/mol. The fourth-order valence-electron chi connectivity index (χ4n) is 3.94. The summed E-state index contributed by atoms with van der Waals surface area (Å²) in [7, 11) is -1.06. The van der Waals surface area contributed by atoms with Crippen LogP contribution in [0.1, 0.15) is 22.7 Å². The van der Waals surface area contributed by atoms with E-state index in [-0.39, 0.29) is 11.4 Å². The molecule has 0 aliphatic carbocycles. The van der Waals surface area contributed by atoms with Crippen LogP contribution in [0.2, 0.25) is 0 Å². The molecule has 0 amide bonds. The zero-order valence-corrected chi connectivity index (χ0v) is 17.8. The van der Waals surface area contributed by atoms with Gasteiger partial charge in [0.05, 0.1) is 25.2 Å². The van der Waals surface area contributed by atoms with E-state index in [4.69, 9.17) is 9.47 Å². The van der Waals surface area contributed by atoms with Crippen molar-refractivity contribution in [1.29, 1.82) is 0 Å². The van der Waals surface area contributed by atoms with Gasteiger partial charge in [0.1, 0.15) is 0 Å². The number of hydrogen-bond donors (Lipinski definition) is 0. The Bertz CT molecular complexity index is 1220. The van der Waals surface area contributed by atoms with Crippen LogP contribution in [0.5, 0.6) is 11.5 Å². The highest BCUT2D eigenvalue weighted by molar-refractivity contribution is 7.89. The Balaban J connectivity index is 1.90. The number of rotatable bonds is 5. The molecular formula is C23H21F2NO4S. The van der Waals surface area contributed by atoms with Crippen molar-refractivity contribution >= 4 is 10.0 Å². The molecule has 0 radical (unpaired) electrons. The maximum Gasteiger partial charge on any atom is 0.244 e. The number of nitrogens with zero attached hydrogens (tertiary/aromatic N) is 1. The zero-order valence-electron chi connectivity index (χ0n) is 17.0. The van der Waals surface area contributed by atoms with Crippen molar-refractivity contribution in [3.05, 3.63) is 89.0 Å². The van der Waals surface area contributed by atoms with Gasteiger partial charge in [0.15, 0.2) is 23.1 Å². The van der Waals surface area contributed by atoms with Crippen molar-refractivity contribution in [1.82, 2.24) is 4.31 Å². The van der Waals surface area contributed by atoms with Crippen molar-refractivity contribution in [2.24, 2.45) is 0 Å². The molecule has 1 aliphatic heterocycles. The van der Waals surface area contributed by atoms with Crippen LogP contribution in [0, 0.1) is 11.6 Å². The average molecular weight is 445 g/mol. The van der Waals surface area contributed by atoms with Gasteiger partial charge in [-0.1, -0.05) is 30.3 Å². The van der Waals surface area contributed by atoms with Crippen LogP contribution < -0.4 is 9.47 Å². The molecule has 1 heterocycles. The summed E-state index contributed by atoms with van der Waals surface area (Å²) < 4.78 is 66.4. The SMILES string of the molecule is COc1cc2c(cc1OC)C(c1ccccc1)N(S(=O)(=O)c1ccc(F)c(F)c1)CC2. The molecule has 3 aromatic rings. The van der Waals surface area contributed by atoms with Gasteiger partial charge in [0.2, 0.25) is 10.0 Å². The Hall–Kier alpha value is -2.97. The Kier molecular flexibility index (Phi) is 5.68. The number of hydrogen-bond acceptors (Lipinski definition) is 4. The van der Waals surface area contributed by atoms with E-state index in [2.05, 4.69) is 0 Å². The lowest BCUT2D eigenvalue weighted by atomic mass is 9.89. The minimum Gasteiger partial charge on any atom is -0.493 e. The third-order valence-corrected chi connectivity index (χ3v) is 7.30. The van der Waals surface area contributed by atoms with Gasteiger partial charge < -0.3 is 9.47 Å². The second-order valence-corrected chi connectivity index (χ2v) is 9.05. The van der Waals surface area contributed by atoms with E-state index in [1.165, 1.54) is 11.4 Å². The molecule has 0 spiro atoms. The third-order valence-electron chi connectivity index (χ3n) is 5.44. The summed E-state index contributed by atoms with van der Waals surface area (Å²) in [5, 5.41) is 0. The first-order valence-corrected chi connectivity index (χ1v) is 11.1. The van der Waals surface area contributed by atoms with Gasteiger partial charge in [-0.05, 0) is 53.4 Å². The molecule has 0 N–H and O–H groups in total. The third kappa shape index (κ3) is 3.77. The minimum atomic E-state index is -4.12. The normalized spacial score (nSPS) is 16.6. The summed E-state index contributed by atoms with van der Waals surface area (Å²) in [4.78, 5) is -0.295. The zero-order chi connectivity index (χ0) is 22.2. The minimum absolute atomic E-state index is 0.170. The molecule has 0 fully saturated rings. The maximum atomic E-state index is 13.8. The molecule has 4 rings (SSSR count). The molecule has 0 saturated carbocycles. The highest BCUT2D eigenvalue weighted by Crippen LogP contribution is 2.43. The highest BCUT2D eigenvalue weighted by atomic mass is 32.2. The van der Waals surface area contributed by atoms with E-state index in [1.54, 1.807) is 13.2 Å². The molecule has 5 nitrogen and oxygen atoms in total. The Morgan fingerprint density at radius 3 is 2.23 bits per heavy atom. The largest absolute Gasteiger partial charge is 0.493 e. The lowest BCUT2D eigenvalue weighted by Crippen LogP contribution is -2.40. The Labute approximate surface area is 179 Å². The van der Waals surface area contributed by atoms with Gasteiger partial charge in [-0.15, -0.1) is 0 Å². The second kappa shape index (κ2) is 8.28. The predicted octanol–water partition coefficient (Wildman–Crippen LogP) is 4.32. The maximum absolute atomic E-state index is 13.8. The van der Waals surface area contributed by atoms with E-state index < -0.39 is 27.7 Å². The molecular weight excluding hydrogens is 424 g/mol. The van der Waals surface area contributed by atoms with Crippen LogP contribution in [0.15, 0.2) is 65.6 Å². The summed E-state index contributed by atoms with van der Waals surface area (Å²) in [5.74, 6) is -1.26. The van der Waals surface area contributed by atoms with Crippen LogP contribution in [-0.2, 0) is 16.4 Å². The number of sulfonamides is 1. The lowest BCUT2D eigenvalue weighted by molar-refractivity contribution is 0.331. The summed E-state index contributed by atoms with van der Waals surface area (Å²) in [6.07, 6.45) is 0.432. The number of halogens is 2.